The maximum atomic E-state index is 11.6. The van der Waals surface area contributed by atoms with Crippen LogP contribution in [0.2, 0.25) is 0 Å². The molecule has 0 amide bonds. The second-order valence-electron chi connectivity index (χ2n) is 10.5. The molecule has 0 unspecified atom stereocenters. The summed E-state index contributed by atoms with van der Waals surface area (Å²) in [6.45, 7) is 7.27. The Bertz CT molecular complexity index is 436. The van der Waals surface area contributed by atoms with E-state index >= 15 is 0 Å². The fourth-order valence-electron chi connectivity index (χ4n) is 4.31. The molecule has 0 radical (unpaired) electrons. The summed E-state index contributed by atoms with van der Waals surface area (Å²) in [6, 6.07) is 0. The summed E-state index contributed by atoms with van der Waals surface area (Å²) in [5.74, 6) is -0.660. The van der Waals surface area contributed by atoms with Crippen LogP contribution in [-0.4, -0.2) is 23.7 Å². The third-order valence-electron chi connectivity index (χ3n) is 6.74. The van der Waals surface area contributed by atoms with Crippen molar-refractivity contribution in [1.82, 2.24) is 0 Å². The molecule has 0 aliphatic carbocycles. The van der Waals surface area contributed by atoms with E-state index in [1.807, 2.05) is 0 Å². The highest BCUT2D eigenvalue weighted by Gasteiger charge is 2.02. The molecule has 4 nitrogen and oxygen atoms in total. The van der Waals surface area contributed by atoms with Crippen LogP contribution in [0.3, 0.4) is 0 Å². The summed E-state index contributed by atoms with van der Waals surface area (Å²) in [5.41, 5.74) is 0. The molecule has 216 valence electrons. The first-order valence-electron chi connectivity index (χ1n) is 16.0. The van der Waals surface area contributed by atoms with Crippen LogP contribution in [-0.2, 0) is 14.3 Å². The number of aliphatic carboxylic acids is 1. The zero-order valence-corrected chi connectivity index (χ0v) is 24.8. The molecule has 0 saturated carbocycles. The molecule has 0 atom stereocenters. The minimum absolute atomic E-state index is 0.0104. The standard InChI is InChI=1S/C24H48O2.C8H16O2/c1-3-5-7-9-10-11-12-13-14-15-16-17-19-21-23-26-24(25)22-20-18-8-6-4-2;1-2-3-4-5-6-7-8(9)10/h3-23H2,1-2H3;2-7H2,1H3,(H,9,10). The Morgan fingerprint density at radius 3 is 1.11 bits per heavy atom. The van der Waals surface area contributed by atoms with Crippen molar-refractivity contribution in [2.45, 2.75) is 188 Å². The normalized spacial score (nSPS) is 10.6. The van der Waals surface area contributed by atoms with Gasteiger partial charge in [-0.15, -0.1) is 0 Å². The van der Waals surface area contributed by atoms with E-state index in [0.717, 1.165) is 25.7 Å². The first-order chi connectivity index (χ1) is 17.6. The van der Waals surface area contributed by atoms with E-state index in [-0.39, 0.29) is 5.97 Å². The van der Waals surface area contributed by atoms with E-state index < -0.39 is 5.97 Å². The number of hydrogen-bond acceptors (Lipinski definition) is 3. The van der Waals surface area contributed by atoms with E-state index in [1.54, 1.807) is 0 Å². The van der Waals surface area contributed by atoms with E-state index in [9.17, 15) is 9.59 Å². The van der Waals surface area contributed by atoms with Crippen LogP contribution in [0.4, 0.5) is 0 Å². The lowest BCUT2D eigenvalue weighted by atomic mass is 10.0. The lowest BCUT2D eigenvalue weighted by Crippen LogP contribution is -2.05. The van der Waals surface area contributed by atoms with Crippen molar-refractivity contribution >= 4 is 11.9 Å². The van der Waals surface area contributed by atoms with Crippen molar-refractivity contribution in [2.24, 2.45) is 0 Å². The van der Waals surface area contributed by atoms with Crippen molar-refractivity contribution in [2.75, 3.05) is 6.61 Å². The molecule has 1 N–H and O–H groups in total. The second-order valence-corrected chi connectivity index (χ2v) is 10.5. The molecule has 0 fully saturated rings. The van der Waals surface area contributed by atoms with Crippen molar-refractivity contribution in [3.63, 3.8) is 0 Å². The van der Waals surface area contributed by atoms with Gasteiger partial charge < -0.3 is 9.84 Å². The molecule has 0 rings (SSSR count). The van der Waals surface area contributed by atoms with Gasteiger partial charge in [-0.3, -0.25) is 9.59 Å². The van der Waals surface area contributed by atoms with E-state index in [1.165, 1.54) is 128 Å². The average Bonchev–Trinajstić information content (AvgIpc) is 2.86. The molecule has 0 aliphatic heterocycles. The Balaban J connectivity index is 0. The number of carbonyl (C=O) groups excluding carboxylic acids is 1. The van der Waals surface area contributed by atoms with Crippen molar-refractivity contribution in [3.05, 3.63) is 0 Å². The van der Waals surface area contributed by atoms with E-state index in [4.69, 9.17) is 9.84 Å². The van der Waals surface area contributed by atoms with Gasteiger partial charge in [-0.05, 0) is 19.3 Å². The molecule has 0 aromatic rings. The maximum Gasteiger partial charge on any atom is 0.305 e. The van der Waals surface area contributed by atoms with Gasteiger partial charge >= 0.3 is 11.9 Å². The Labute approximate surface area is 225 Å². The number of ether oxygens (including phenoxy) is 1. The average molecular weight is 513 g/mol. The SMILES string of the molecule is CCCCCCCC(=O)O.CCCCCCCCCCCCCCCCOC(=O)CCCCCCC. The topological polar surface area (TPSA) is 63.6 Å². The molecule has 0 bridgehead atoms. The number of hydrogen-bond donors (Lipinski definition) is 1. The smallest absolute Gasteiger partial charge is 0.305 e. The summed E-state index contributed by atoms with van der Waals surface area (Å²) in [4.78, 5) is 21.6. The summed E-state index contributed by atoms with van der Waals surface area (Å²) in [5, 5.41) is 8.27. The summed E-state index contributed by atoms with van der Waals surface area (Å²) < 4.78 is 5.32. The third-order valence-corrected chi connectivity index (χ3v) is 6.74. The molecular weight excluding hydrogens is 448 g/mol. The van der Waals surface area contributed by atoms with Gasteiger partial charge in [0.25, 0.3) is 0 Å². The first-order valence-corrected chi connectivity index (χ1v) is 16.0. The predicted molar refractivity (Wildman–Crippen MR) is 156 cm³/mol. The highest BCUT2D eigenvalue weighted by Crippen LogP contribution is 2.13. The Kier molecular flexibility index (Phi) is 35.0. The molecular formula is C32H64O4. The van der Waals surface area contributed by atoms with Crippen molar-refractivity contribution < 1.29 is 19.4 Å². The fourth-order valence-corrected chi connectivity index (χ4v) is 4.31. The molecule has 4 heteroatoms. The van der Waals surface area contributed by atoms with Crippen LogP contribution in [0.5, 0.6) is 0 Å². The minimum atomic E-state index is -0.670. The molecule has 0 aromatic carbocycles. The number of carbonyl (C=O) groups is 2. The number of rotatable bonds is 27. The van der Waals surface area contributed by atoms with Crippen LogP contribution < -0.4 is 0 Å². The summed E-state index contributed by atoms with van der Waals surface area (Å²) in [7, 11) is 0. The number of esters is 1. The van der Waals surface area contributed by atoms with Gasteiger partial charge in [-0.2, -0.15) is 0 Å². The second kappa shape index (κ2) is 33.9. The fraction of sp³-hybridized carbons (Fsp3) is 0.938. The van der Waals surface area contributed by atoms with Gasteiger partial charge in [0.2, 0.25) is 0 Å². The van der Waals surface area contributed by atoms with Crippen LogP contribution in [0.25, 0.3) is 0 Å². The first kappa shape index (κ1) is 37.1. The quantitative estimate of drug-likeness (QED) is 0.0877. The highest BCUT2D eigenvalue weighted by molar-refractivity contribution is 5.69. The zero-order valence-electron chi connectivity index (χ0n) is 24.8. The van der Waals surface area contributed by atoms with E-state index in [2.05, 4.69) is 20.8 Å². The van der Waals surface area contributed by atoms with Gasteiger partial charge in [0.15, 0.2) is 0 Å². The van der Waals surface area contributed by atoms with E-state index in [0.29, 0.717) is 19.4 Å². The molecule has 0 aliphatic rings. The minimum Gasteiger partial charge on any atom is -0.481 e. The maximum absolute atomic E-state index is 11.6. The Morgan fingerprint density at radius 2 is 0.750 bits per heavy atom. The van der Waals surface area contributed by atoms with Gasteiger partial charge in [0, 0.05) is 12.8 Å². The molecule has 36 heavy (non-hydrogen) atoms. The van der Waals surface area contributed by atoms with Gasteiger partial charge in [0.05, 0.1) is 6.61 Å². The van der Waals surface area contributed by atoms with Crippen LogP contribution in [0.1, 0.15) is 188 Å². The van der Waals surface area contributed by atoms with Crippen LogP contribution >= 0.6 is 0 Å². The number of carboxylic acids is 1. The third kappa shape index (κ3) is 37.5. The Hall–Kier alpha value is -1.06. The molecule has 0 aromatic heterocycles. The molecule has 0 spiro atoms. The lowest BCUT2D eigenvalue weighted by molar-refractivity contribution is -0.144. The van der Waals surface area contributed by atoms with Gasteiger partial charge in [-0.1, -0.05) is 156 Å². The zero-order chi connectivity index (χ0) is 27.0. The number of carboxylic acid groups (broad SMARTS) is 1. The van der Waals surface area contributed by atoms with Crippen molar-refractivity contribution in [1.29, 1.82) is 0 Å². The monoisotopic (exact) mass is 512 g/mol. The summed E-state index contributed by atoms with van der Waals surface area (Å²) >= 11 is 0. The molecule has 0 heterocycles. The summed E-state index contributed by atoms with van der Waals surface area (Å²) in [6.07, 6.45) is 31.5. The lowest BCUT2D eigenvalue weighted by Gasteiger charge is -2.05. The number of unbranched alkanes of at least 4 members (excludes halogenated alkanes) is 21. The van der Waals surface area contributed by atoms with Gasteiger partial charge in [0.1, 0.15) is 0 Å². The van der Waals surface area contributed by atoms with Gasteiger partial charge in [-0.25, -0.2) is 0 Å². The van der Waals surface area contributed by atoms with Crippen LogP contribution in [0.15, 0.2) is 0 Å². The van der Waals surface area contributed by atoms with Crippen LogP contribution in [0, 0.1) is 0 Å². The molecule has 0 saturated heterocycles. The highest BCUT2D eigenvalue weighted by atomic mass is 16.5. The largest absolute Gasteiger partial charge is 0.481 e. The van der Waals surface area contributed by atoms with Crippen molar-refractivity contribution in [3.8, 4) is 0 Å². The Morgan fingerprint density at radius 1 is 0.444 bits per heavy atom. The predicted octanol–water partition coefficient (Wildman–Crippen LogP) is 10.8.